The topological polar surface area (TPSA) is 40.5 Å². The molecule has 0 bridgehead atoms. The first kappa shape index (κ1) is 16.0. The Balaban J connectivity index is 2.48. The molecular weight excluding hydrogens is 291 g/mol. The van der Waals surface area contributed by atoms with Crippen LogP contribution in [0.4, 0.5) is 4.39 Å². The number of aliphatic hydroxyl groups is 2. The van der Waals surface area contributed by atoms with E-state index in [2.05, 4.69) is 0 Å². The molecule has 0 unspecified atom stereocenters. The van der Waals surface area contributed by atoms with Crippen LogP contribution in [0.2, 0.25) is 5.02 Å². The minimum absolute atomic E-state index is 0.249. The fourth-order valence-corrected chi connectivity index (χ4v) is 2.82. The van der Waals surface area contributed by atoms with Crippen LogP contribution in [0.3, 0.4) is 0 Å². The van der Waals surface area contributed by atoms with E-state index in [1.807, 2.05) is 31.2 Å². The van der Waals surface area contributed by atoms with E-state index >= 15 is 0 Å². The molecule has 2 rings (SSSR count). The zero-order valence-electron chi connectivity index (χ0n) is 11.8. The van der Waals surface area contributed by atoms with Gasteiger partial charge in [-0.15, -0.1) is 0 Å². The summed E-state index contributed by atoms with van der Waals surface area (Å²) in [6.07, 6.45) is 0.265. The van der Waals surface area contributed by atoms with E-state index in [4.69, 9.17) is 11.6 Å². The number of hydrogen-bond donors (Lipinski definition) is 2. The van der Waals surface area contributed by atoms with Crippen molar-refractivity contribution in [3.8, 4) is 0 Å². The van der Waals surface area contributed by atoms with Crippen LogP contribution >= 0.6 is 11.6 Å². The van der Waals surface area contributed by atoms with Gasteiger partial charge in [0.2, 0.25) is 0 Å². The predicted molar refractivity (Wildman–Crippen MR) is 82.1 cm³/mol. The maximum Gasteiger partial charge on any atom is 0.123 e. The molecule has 0 spiro atoms. The normalized spacial score (nSPS) is 11.7. The molecule has 0 radical (unpaired) electrons. The lowest BCUT2D eigenvalue weighted by molar-refractivity contribution is 0.115. The summed E-state index contributed by atoms with van der Waals surface area (Å²) in [6, 6.07) is 11.7. The molecule has 0 saturated heterocycles. The summed E-state index contributed by atoms with van der Waals surface area (Å²) in [5, 5.41) is 20.2. The summed E-state index contributed by atoms with van der Waals surface area (Å²) in [4.78, 5) is 0. The van der Waals surface area contributed by atoms with Crippen LogP contribution in [0.25, 0.3) is 0 Å². The monoisotopic (exact) mass is 308 g/mol. The average molecular weight is 309 g/mol. The quantitative estimate of drug-likeness (QED) is 0.890. The smallest absolute Gasteiger partial charge is 0.123 e. The number of halogens is 2. The molecule has 0 aromatic heterocycles. The largest absolute Gasteiger partial charge is 0.395 e. The Hall–Kier alpha value is -1.42. The second kappa shape index (κ2) is 6.56. The van der Waals surface area contributed by atoms with Gasteiger partial charge in [-0.3, -0.25) is 0 Å². The van der Waals surface area contributed by atoms with Gasteiger partial charge in [0, 0.05) is 10.4 Å². The molecular formula is C17H18ClFO2. The Labute approximate surface area is 128 Å². The maximum absolute atomic E-state index is 13.4. The van der Waals surface area contributed by atoms with Crippen LogP contribution < -0.4 is 0 Å². The predicted octanol–water partition coefficient (Wildman–Crippen LogP) is 3.25. The van der Waals surface area contributed by atoms with Crippen LogP contribution in [0.5, 0.6) is 0 Å². The van der Waals surface area contributed by atoms with Gasteiger partial charge in [-0.2, -0.15) is 0 Å². The zero-order chi connectivity index (χ0) is 15.5. The zero-order valence-corrected chi connectivity index (χ0v) is 12.6. The van der Waals surface area contributed by atoms with Gasteiger partial charge in [-0.05, 0) is 48.2 Å². The van der Waals surface area contributed by atoms with Crippen molar-refractivity contribution in [2.45, 2.75) is 18.8 Å². The molecule has 0 heterocycles. The number of aryl methyl sites for hydroxylation is 1. The standard InChI is InChI=1S/C17H18ClFO2/c1-12-4-2-3-5-15(12)17(10-20,11-21)9-13-8-14(19)6-7-16(13)18/h2-8,20-21H,9-11H2,1H3. The lowest BCUT2D eigenvalue weighted by atomic mass is 9.75. The third-order valence-corrected chi connectivity index (χ3v) is 4.23. The first-order chi connectivity index (χ1) is 10.0. The van der Waals surface area contributed by atoms with Crippen molar-refractivity contribution in [2.75, 3.05) is 13.2 Å². The minimum Gasteiger partial charge on any atom is -0.395 e. The minimum atomic E-state index is -0.886. The van der Waals surface area contributed by atoms with E-state index in [1.54, 1.807) is 0 Å². The summed E-state index contributed by atoms with van der Waals surface area (Å²) in [5.74, 6) is -0.385. The van der Waals surface area contributed by atoms with Gasteiger partial charge in [0.15, 0.2) is 0 Å². The van der Waals surface area contributed by atoms with Crippen molar-refractivity contribution < 1.29 is 14.6 Å². The molecule has 2 N–H and O–H groups in total. The molecule has 112 valence electrons. The van der Waals surface area contributed by atoms with Crippen molar-refractivity contribution in [1.29, 1.82) is 0 Å². The van der Waals surface area contributed by atoms with Gasteiger partial charge in [0.1, 0.15) is 5.82 Å². The maximum atomic E-state index is 13.4. The summed E-state index contributed by atoms with van der Waals surface area (Å²) >= 11 is 6.11. The molecule has 0 amide bonds. The molecule has 0 aliphatic heterocycles. The molecule has 2 aromatic carbocycles. The summed E-state index contributed by atoms with van der Waals surface area (Å²) < 4.78 is 13.4. The molecule has 0 atom stereocenters. The van der Waals surface area contributed by atoms with Gasteiger partial charge in [-0.25, -0.2) is 4.39 Å². The number of aliphatic hydroxyl groups excluding tert-OH is 2. The van der Waals surface area contributed by atoms with Gasteiger partial charge < -0.3 is 10.2 Å². The Morgan fingerprint density at radius 3 is 2.38 bits per heavy atom. The average Bonchev–Trinajstić information content (AvgIpc) is 2.49. The van der Waals surface area contributed by atoms with Crippen molar-refractivity contribution >= 4 is 11.6 Å². The molecule has 0 saturated carbocycles. The number of benzene rings is 2. The van der Waals surface area contributed by atoms with E-state index in [9.17, 15) is 14.6 Å². The Bertz CT molecular complexity index is 624. The highest BCUT2D eigenvalue weighted by Gasteiger charge is 2.33. The van der Waals surface area contributed by atoms with Gasteiger partial charge in [-0.1, -0.05) is 35.9 Å². The molecule has 0 aliphatic carbocycles. The lowest BCUT2D eigenvalue weighted by Crippen LogP contribution is -2.38. The van der Waals surface area contributed by atoms with Crippen LogP contribution in [0.15, 0.2) is 42.5 Å². The second-order valence-electron chi connectivity index (χ2n) is 5.32. The third-order valence-electron chi connectivity index (χ3n) is 3.86. The van der Waals surface area contributed by atoms with Crippen LogP contribution in [0, 0.1) is 12.7 Å². The fraction of sp³-hybridized carbons (Fsp3) is 0.294. The highest BCUT2D eigenvalue weighted by molar-refractivity contribution is 6.31. The summed E-state index contributed by atoms with van der Waals surface area (Å²) in [6.45, 7) is 1.42. The molecule has 2 aromatic rings. The van der Waals surface area contributed by atoms with Crippen molar-refractivity contribution in [3.05, 3.63) is 70.0 Å². The number of hydrogen-bond acceptors (Lipinski definition) is 2. The van der Waals surface area contributed by atoms with Crippen LogP contribution in [-0.2, 0) is 11.8 Å². The Morgan fingerprint density at radius 2 is 1.76 bits per heavy atom. The van der Waals surface area contributed by atoms with E-state index in [0.717, 1.165) is 11.1 Å². The van der Waals surface area contributed by atoms with E-state index in [0.29, 0.717) is 10.6 Å². The van der Waals surface area contributed by atoms with Crippen molar-refractivity contribution in [2.24, 2.45) is 0 Å². The molecule has 0 fully saturated rings. The summed E-state index contributed by atoms with van der Waals surface area (Å²) in [7, 11) is 0. The molecule has 0 aliphatic rings. The molecule has 4 heteroatoms. The highest BCUT2D eigenvalue weighted by atomic mass is 35.5. The van der Waals surface area contributed by atoms with Crippen molar-refractivity contribution in [3.63, 3.8) is 0 Å². The van der Waals surface area contributed by atoms with Crippen LogP contribution in [-0.4, -0.2) is 23.4 Å². The third kappa shape index (κ3) is 3.26. The fourth-order valence-electron chi connectivity index (χ4n) is 2.64. The number of rotatable bonds is 5. The van der Waals surface area contributed by atoms with Crippen molar-refractivity contribution in [1.82, 2.24) is 0 Å². The summed E-state index contributed by atoms with van der Waals surface area (Å²) in [5.41, 5.74) is 1.49. The van der Waals surface area contributed by atoms with Gasteiger partial charge in [0.05, 0.1) is 13.2 Å². The van der Waals surface area contributed by atoms with Gasteiger partial charge >= 0.3 is 0 Å². The molecule has 2 nitrogen and oxygen atoms in total. The van der Waals surface area contributed by atoms with E-state index in [-0.39, 0.29) is 25.5 Å². The van der Waals surface area contributed by atoms with E-state index < -0.39 is 5.41 Å². The van der Waals surface area contributed by atoms with Crippen LogP contribution in [0.1, 0.15) is 16.7 Å². The van der Waals surface area contributed by atoms with Gasteiger partial charge in [0.25, 0.3) is 0 Å². The first-order valence-electron chi connectivity index (χ1n) is 6.74. The Kier molecular flexibility index (Phi) is 4.99. The SMILES string of the molecule is Cc1ccccc1C(CO)(CO)Cc1cc(F)ccc1Cl. The lowest BCUT2D eigenvalue weighted by Gasteiger charge is -2.32. The first-order valence-corrected chi connectivity index (χ1v) is 7.12. The highest BCUT2D eigenvalue weighted by Crippen LogP contribution is 2.32. The second-order valence-corrected chi connectivity index (χ2v) is 5.73. The molecule has 21 heavy (non-hydrogen) atoms. The Morgan fingerprint density at radius 1 is 1.10 bits per heavy atom. The van der Waals surface area contributed by atoms with E-state index in [1.165, 1.54) is 18.2 Å².